The number of anilines is 1. The summed E-state index contributed by atoms with van der Waals surface area (Å²) in [6.07, 6.45) is 0.387. The summed E-state index contributed by atoms with van der Waals surface area (Å²) >= 11 is 0. The van der Waals surface area contributed by atoms with E-state index in [1.54, 1.807) is 4.90 Å². The van der Waals surface area contributed by atoms with Crippen LogP contribution in [-0.2, 0) is 11.3 Å². The van der Waals surface area contributed by atoms with Crippen LogP contribution in [0.4, 0.5) is 5.69 Å². The summed E-state index contributed by atoms with van der Waals surface area (Å²) in [7, 11) is 0. The summed E-state index contributed by atoms with van der Waals surface area (Å²) in [4.78, 5) is 29.9. The van der Waals surface area contributed by atoms with E-state index in [2.05, 4.69) is 4.98 Å². The third-order valence-corrected chi connectivity index (χ3v) is 4.67. The van der Waals surface area contributed by atoms with Crippen molar-refractivity contribution in [1.82, 2.24) is 4.98 Å². The summed E-state index contributed by atoms with van der Waals surface area (Å²) in [6.45, 7) is 8.08. The van der Waals surface area contributed by atoms with Gasteiger partial charge in [0.1, 0.15) is 0 Å². The number of aromatic amines is 1. The molecule has 26 heavy (non-hydrogen) atoms. The zero-order chi connectivity index (χ0) is 18.8. The molecule has 1 heterocycles. The minimum absolute atomic E-state index is 0.00195. The Bertz CT molecular complexity index is 1030. The average Bonchev–Trinajstić information content (AvgIpc) is 2.61. The Morgan fingerprint density at radius 3 is 2.42 bits per heavy atom. The van der Waals surface area contributed by atoms with Crippen molar-refractivity contribution >= 4 is 22.5 Å². The Balaban J connectivity index is 2.07. The van der Waals surface area contributed by atoms with Crippen molar-refractivity contribution in [3.05, 3.63) is 75.1 Å². The fraction of sp³-hybridized carbons (Fsp3) is 0.273. The molecule has 0 atom stereocenters. The SMILES string of the molecule is CCC(=O)N(Cc1cc2ccc(C)cc2[nH]c1=O)c1cc(C)ccc1C. The maximum Gasteiger partial charge on any atom is 0.253 e. The number of hydrogen-bond donors (Lipinski definition) is 1. The van der Waals surface area contributed by atoms with Gasteiger partial charge < -0.3 is 9.88 Å². The normalized spacial score (nSPS) is 10.9. The van der Waals surface area contributed by atoms with Crippen LogP contribution in [0.3, 0.4) is 0 Å². The number of carbonyl (C=O) groups excluding carboxylic acids is 1. The smallest absolute Gasteiger partial charge is 0.253 e. The second-order valence-corrected chi connectivity index (χ2v) is 6.84. The van der Waals surface area contributed by atoms with E-state index in [0.717, 1.165) is 33.3 Å². The average molecular weight is 348 g/mol. The first-order chi connectivity index (χ1) is 12.4. The molecule has 1 amide bonds. The molecule has 0 aliphatic carbocycles. The third kappa shape index (κ3) is 3.54. The van der Waals surface area contributed by atoms with Gasteiger partial charge in [0.25, 0.3) is 5.56 Å². The van der Waals surface area contributed by atoms with Crippen molar-refractivity contribution in [1.29, 1.82) is 0 Å². The number of H-pyrrole nitrogens is 1. The second kappa shape index (κ2) is 7.16. The van der Waals surface area contributed by atoms with Crippen LogP contribution in [0.2, 0.25) is 0 Å². The molecule has 3 rings (SSSR count). The van der Waals surface area contributed by atoms with E-state index in [4.69, 9.17) is 0 Å². The van der Waals surface area contributed by atoms with E-state index >= 15 is 0 Å². The molecule has 1 aromatic heterocycles. The van der Waals surface area contributed by atoms with Gasteiger partial charge in [0.2, 0.25) is 5.91 Å². The first-order valence-electron chi connectivity index (χ1n) is 8.89. The summed E-state index contributed by atoms with van der Waals surface area (Å²) in [5.74, 6) is 0.00195. The standard InChI is InChI=1S/C22H24N2O2/c1-5-21(25)24(20-11-15(3)6-8-16(20)4)13-18-12-17-9-7-14(2)10-19(17)23-22(18)26/h6-12H,5,13H2,1-4H3,(H,23,26). The zero-order valence-electron chi connectivity index (χ0n) is 15.7. The summed E-state index contributed by atoms with van der Waals surface area (Å²) < 4.78 is 0. The predicted molar refractivity (Wildman–Crippen MR) is 107 cm³/mol. The molecule has 0 bridgehead atoms. The summed E-state index contributed by atoms with van der Waals surface area (Å²) in [5.41, 5.74) is 5.32. The molecule has 0 unspecified atom stereocenters. The van der Waals surface area contributed by atoms with E-state index in [0.29, 0.717) is 12.0 Å². The first kappa shape index (κ1) is 17.9. The van der Waals surface area contributed by atoms with Crippen LogP contribution in [0.5, 0.6) is 0 Å². The molecular weight excluding hydrogens is 324 g/mol. The van der Waals surface area contributed by atoms with E-state index in [9.17, 15) is 9.59 Å². The number of nitrogens with one attached hydrogen (secondary N) is 1. The fourth-order valence-corrected chi connectivity index (χ4v) is 3.16. The predicted octanol–water partition coefficient (Wildman–Crippen LogP) is 4.40. The molecule has 0 aliphatic heterocycles. The number of amides is 1. The number of aryl methyl sites for hydroxylation is 3. The minimum Gasteiger partial charge on any atom is -0.322 e. The summed E-state index contributed by atoms with van der Waals surface area (Å²) in [6, 6.07) is 13.9. The molecule has 1 N–H and O–H groups in total. The van der Waals surface area contributed by atoms with Crippen LogP contribution < -0.4 is 10.5 Å². The first-order valence-corrected chi connectivity index (χ1v) is 8.89. The number of rotatable bonds is 4. The number of carbonyl (C=O) groups is 1. The molecular formula is C22H24N2O2. The van der Waals surface area contributed by atoms with Gasteiger partial charge in [-0.25, -0.2) is 0 Å². The Kier molecular flexibility index (Phi) is 4.94. The molecule has 0 saturated carbocycles. The van der Waals surface area contributed by atoms with Crippen molar-refractivity contribution in [2.45, 2.75) is 40.7 Å². The fourth-order valence-electron chi connectivity index (χ4n) is 3.16. The van der Waals surface area contributed by atoms with Crippen molar-refractivity contribution in [3.8, 4) is 0 Å². The van der Waals surface area contributed by atoms with Crippen molar-refractivity contribution in [2.24, 2.45) is 0 Å². The third-order valence-electron chi connectivity index (χ3n) is 4.67. The van der Waals surface area contributed by atoms with Crippen LogP contribution in [0.15, 0.2) is 47.3 Å². The molecule has 4 nitrogen and oxygen atoms in total. The van der Waals surface area contributed by atoms with Gasteiger partial charge in [-0.1, -0.05) is 31.2 Å². The minimum atomic E-state index is -0.151. The van der Waals surface area contributed by atoms with Gasteiger partial charge in [0, 0.05) is 23.2 Å². The number of aromatic nitrogens is 1. The van der Waals surface area contributed by atoms with Crippen molar-refractivity contribution < 1.29 is 4.79 Å². The van der Waals surface area contributed by atoms with Crippen LogP contribution in [0, 0.1) is 20.8 Å². The number of benzene rings is 2. The van der Waals surface area contributed by atoms with E-state index in [-0.39, 0.29) is 18.0 Å². The van der Waals surface area contributed by atoms with Gasteiger partial charge in [0.15, 0.2) is 0 Å². The van der Waals surface area contributed by atoms with Gasteiger partial charge in [-0.3, -0.25) is 9.59 Å². The van der Waals surface area contributed by atoms with Crippen LogP contribution >= 0.6 is 0 Å². The topological polar surface area (TPSA) is 53.2 Å². The van der Waals surface area contributed by atoms with Crippen LogP contribution in [-0.4, -0.2) is 10.9 Å². The van der Waals surface area contributed by atoms with E-state index in [1.165, 1.54) is 0 Å². The molecule has 0 spiro atoms. The van der Waals surface area contributed by atoms with Crippen molar-refractivity contribution in [2.75, 3.05) is 4.90 Å². The molecule has 3 aromatic rings. The number of hydrogen-bond acceptors (Lipinski definition) is 2. The molecule has 0 aliphatic rings. The molecule has 0 saturated heterocycles. The lowest BCUT2D eigenvalue weighted by Crippen LogP contribution is -2.32. The highest BCUT2D eigenvalue weighted by molar-refractivity contribution is 5.94. The Labute approximate surface area is 153 Å². The monoisotopic (exact) mass is 348 g/mol. The van der Waals surface area contributed by atoms with Crippen molar-refractivity contribution in [3.63, 3.8) is 0 Å². The second-order valence-electron chi connectivity index (χ2n) is 6.84. The Morgan fingerprint density at radius 2 is 1.69 bits per heavy atom. The van der Waals surface area contributed by atoms with E-state index in [1.807, 2.05) is 70.2 Å². The van der Waals surface area contributed by atoms with Crippen LogP contribution in [0.1, 0.15) is 35.6 Å². The maximum absolute atomic E-state index is 12.6. The van der Waals surface area contributed by atoms with Gasteiger partial charge in [0.05, 0.1) is 6.54 Å². The van der Waals surface area contributed by atoms with Crippen LogP contribution in [0.25, 0.3) is 10.9 Å². The Morgan fingerprint density at radius 1 is 1.00 bits per heavy atom. The van der Waals surface area contributed by atoms with Gasteiger partial charge in [-0.05, 0) is 61.0 Å². The summed E-state index contributed by atoms with van der Waals surface area (Å²) in [5, 5.41) is 0.968. The van der Waals surface area contributed by atoms with Gasteiger partial charge >= 0.3 is 0 Å². The lowest BCUT2D eigenvalue weighted by molar-refractivity contribution is -0.118. The molecule has 4 heteroatoms. The lowest BCUT2D eigenvalue weighted by Gasteiger charge is -2.24. The number of nitrogens with zero attached hydrogens (tertiary/aromatic N) is 1. The van der Waals surface area contributed by atoms with Gasteiger partial charge in [-0.15, -0.1) is 0 Å². The largest absolute Gasteiger partial charge is 0.322 e. The molecule has 134 valence electrons. The quantitative estimate of drug-likeness (QED) is 0.760. The highest BCUT2D eigenvalue weighted by Crippen LogP contribution is 2.24. The number of fused-ring (bicyclic) bond motifs is 1. The molecule has 2 aromatic carbocycles. The maximum atomic E-state index is 12.6. The Hall–Kier alpha value is -2.88. The van der Waals surface area contributed by atoms with E-state index < -0.39 is 0 Å². The highest BCUT2D eigenvalue weighted by atomic mass is 16.2. The molecule has 0 fully saturated rings. The van der Waals surface area contributed by atoms with Gasteiger partial charge in [-0.2, -0.15) is 0 Å². The highest BCUT2D eigenvalue weighted by Gasteiger charge is 2.18. The molecule has 0 radical (unpaired) electrons. The number of pyridine rings is 1. The zero-order valence-corrected chi connectivity index (χ0v) is 15.7. The lowest BCUT2D eigenvalue weighted by atomic mass is 10.1.